The number of carboxylic acid groups (broad SMARTS) is 1. The van der Waals surface area contributed by atoms with Crippen molar-refractivity contribution < 1.29 is 19.4 Å². The van der Waals surface area contributed by atoms with Crippen LogP contribution in [0.15, 0.2) is 54.6 Å². The number of carboxylic acids is 1. The van der Waals surface area contributed by atoms with Crippen LogP contribution in [0.25, 0.3) is 10.8 Å². The lowest BCUT2D eigenvalue weighted by atomic mass is 10.0. The summed E-state index contributed by atoms with van der Waals surface area (Å²) in [6.45, 7) is 0. The Hall–Kier alpha value is -3.05. The van der Waals surface area contributed by atoms with Crippen LogP contribution < -0.4 is 10.1 Å². The Morgan fingerprint density at radius 1 is 1.04 bits per heavy atom. The molecule has 0 heterocycles. The van der Waals surface area contributed by atoms with Gasteiger partial charge in [-0.05, 0) is 35.7 Å². The van der Waals surface area contributed by atoms with E-state index in [4.69, 9.17) is 21.4 Å². The standard InChI is InChI=1S/C19H14ClNO4/c1-25-17-9-8-11(19(23)24)10-16(17)21-18(22)14-6-2-5-13-12(14)4-3-7-15(13)20/h2-10H,1H3,(H,21,22)(H,23,24). The van der Waals surface area contributed by atoms with Crippen molar-refractivity contribution in [1.29, 1.82) is 0 Å². The Bertz CT molecular complexity index is 984. The van der Waals surface area contributed by atoms with Gasteiger partial charge in [0.15, 0.2) is 0 Å². The minimum atomic E-state index is -1.09. The molecular weight excluding hydrogens is 342 g/mol. The van der Waals surface area contributed by atoms with E-state index in [9.17, 15) is 9.59 Å². The largest absolute Gasteiger partial charge is 0.495 e. The molecule has 2 N–H and O–H groups in total. The number of anilines is 1. The summed E-state index contributed by atoms with van der Waals surface area (Å²) in [4.78, 5) is 23.9. The lowest BCUT2D eigenvalue weighted by Crippen LogP contribution is -2.14. The normalized spacial score (nSPS) is 10.5. The maximum absolute atomic E-state index is 12.7. The number of carbonyl (C=O) groups is 2. The van der Waals surface area contributed by atoms with E-state index in [0.29, 0.717) is 21.7 Å². The van der Waals surface area contributed by atoms with E-state index in [1.165, 1.54) is 25.3 Å². The van der Waals surface area contributed by atoms with Gasteiger partial charge in [-0.15, -0.1) is 0 Å². The van der Waals surface area contributed by atoms with Crippen LogP contribution in [-0.4, -0.2) is 24.1 Å². The van der Waals surface area contributed by atoms with Crippen LogP contribution >= 0.6 is 11.6 Å². The van der Waals surface area contributed by atoms with Gasteiger partial charge in [-0.2, -0.15) is 0 Å². The van der Waals surface area contributed by atoms with Crippen LogP contribution in [0, 0.1) is 0 Å². The molecule has 0 saturated heterocycles. The second-order valence-corrected chi connectivity index (χ2v) is 5.72. The Morgan fingerprint density at radius 2 is 1.76 bits per heavy atom. The summed E-state index contributed by atoms with van der Waals surface area (Å²) in [7, 11) is 1.45. The number of hydrogen-bond acceptors (Lipinski definition) is 3. The fourth-order valence-electron chi connectivity index (χ4n) is 2.60. The maximum atomic E-state index is 12.7. The first-order valence-corrected chi connectivity index (χ1v) is 7.79. The molecule has 5 nitrogen and oxygen atoms in total. The monoisotopic (exact) mass is 355 g/mol. The third-order valence-corrected chi connectivity index (χ3v) is 4.14. The first-order valence-electron chi connectivity index (χ1n) is 7.41. The van der Waals surface area contributed by atoms with Crippen LogP contribution in [0.1, 0.15) is 20.7 Å². The minimum Gasteiger partial charge on any atom is -0.495 e. The molecule has 0 aliphatic rings. The van der Waals surface area contributed by atoms with Gasteiger partial charge >= 0.3 is 5.97 Å². The molecule has 126 valence electrons. The maximum Gasteiger partial charge on any atom is 0.335 e. The van der Waals surface area contributed by atoms with Crippen molar-refractivity contribution in [2.45, 2.75) is 0 Å². The quantitative estimate of drug-likeness (QED) is 0.724. The molecule has 0 atom stereocenters. The predicted molar refractivity (Wildman–Crippen MR) is 96.9 cm³/mol. The molecule has 25 heavy (non-hydrogen) atoms. The Kier molecular flexibility index (Phi) is 4.59. The Labute approximate surface area is 148 Å². The zero-order chi connectivity index (χ0) is 18.0. The number of amides is 1. The predicted octanol–water partition coefficient (Wildman–Crippen LogP) is 4.45. The second-order valence-electron chi connectivity index (χ2n) is 5.31. The summed E-state index contributed by atoms with van der Waals surface area (Å²) in [5, 5.41) is 13.9. The molecule has 0 bridgehead atoms. The fraction of sp³-hybridized carbons (Fsp3) is 0.0526. The number of halogens is 1. The zero-order valence-electron chi connectivity index (χ0n) is 13.2. The van der Waals surface area contributed by atoms with E-state index >= 15 is 0 Å². The van der Waals surface area contributed by atoms with Crippen LogP contribution in [0.2, 0.25) is 5.02 Å². The van der Waals surface area contributed by atoms with E-state index in [-0.39, 0.29) is 17.2 Å². The number of benzene rings is 3. The molecule has 0 fully saturated rings. The van der Waals surface area contributed by atoms with Gasteiger partial charge in [0.05, 0.1) is 18.4 Å². The second kappa shape index (κ2) is 6.83. The molecule has 3 aromatic carbocycles. The molecule has 0 saturated carbocycles. The number of aromatic carboxylic acids is 1. The molecule has 0 aliphatic heterocycles. The van der Waals surface area contributed by atoms with Crippen molar-refractivity contribution in [2.75, 3.05) is 12.4 Å². The van der Waals surface area contributed by atoms with Crippen molar-refractivity contribution >= 4 is 39.9 Å². The summed E-state index contributed by atoms with van der Waals surface area (Å²) in [5.74, 6) is -1.10. The van der Waals surface area contributed by atoms with Gasteiger partial charge in [0.1, 0.15) is 5.75 Å². The van der Waals surface area contributed by atoms with Gasteiger partial charge in [-0.25, -0.2) is 4.79 Å². The van der Waals surface area contributed by atoms with Crippen molar-refractivity contribution in [3.05, 3.63) is 70.7 Å². The third-order valence-electron chi connectivity index (χ3n) is 3.81. The van der Waals surface area contributed by atoms with Gasteiger partial charge in [-0.3, -0.25) is 4.79 Å². The smallest absolute Gasteiger partial charge is 0.335 e. The highest BCUT2D eigenvalue weighted by Crippen LogP contribution is 2.29. The molecule has 0 spiro atoms. The van der Waals surface area contributed by atoms with E-state index in [0.717, 1.165) is 5.39 Å². The number of hydrogen-bond donors (Lipinski definition) is 2. The topological polar surface area (TPSA) is 75.6 Å². The molecule has 3 rings (SSSR count). The van der Waals surface area contributed by atoms with Gasteiger partial charge in [0, 0.05) is 16.0 Å². The summed E-state index contributed by atoms with van der Waals surface area (Å²) < 4.78 is 5.19. The number of methoxy groups -OCH3 is 1. The van der Waals surface area contributed by atoms with Crippen LogP contribution in [0.5, 0.6) is 5.75 Å². The van der Waals surface area contributed by atoms with Crippen LogP contribution in [0.3, 0.4) is 0 Å². The Balaban J connectivity index is 2.02. The highest BCUT2D eigenvalue weighted by atomic mass is 35.5. The third kappa shape index (κ3) is 3.27. The zero-order valence-corrected chi connectivity index (χ0v) is 14.0. The summed E-state index contributed by atoms with van der Waals surface area (Å²) >= 11 is 6.18. The molecule has 1 amide bonds. The lowest BCUT2D eigenvalue weighted by molar-refractivity contribution is 0.0696. The van der Waals surface area contributed by atoms with Crippen molar-refractivity contribution in [3.8, 4) is 5.75 Å². The summed E-state index contributed by atoms with van der Waals surface area (Å²) in [6, 6.07) is 14.9. The van der Waals surface area contributed by atoms with Gasteiger partial charge in [-0.1, -0.05) is 35.9 Å². The number of carbonyl (C=O) groups excluding carboxylic acids is 1. The van der Waals surface area contributed by atoms with Crippen molar-refractivity contribution in [2.24, 2.45) is 0 Å². The highest BCUT2D eigenvalue weighted by molar-refractivity contribution is 6.36. The van der Waals surface area contributed by atoms with E-state index in [2.05, 4.69) is 5.32 Å². The molecule has 3 aromatic rings. The molecule has 0 aliphatic carbocycles. The minimum absolute atomic E-state index is 0.0528. The number of nitrogens with one attached hydrogen (secondary N) is 1. The van der Waals surface area contributed by atoms with E-state index < -0.39 is 5.97 Å². The summed E-state index contributed by atoms with van der Waals surface area (Å²) in [6.07, 6.45) is 0. The van der Waals surface area contributed by atoms with Gasteiger partial charge < -0.3 is 15.2 Å². The highest BCUT2D eigenvalue weighted by Gasteiger charge is 2.15. The van der Waals surface area contributed by atoms with Gasteiger partial charge in [0.2, 0.25) is 0 Å². The number of ether oxygens (including phenoxy) is 1. The fourth-order valence-corrected chi connectivity index (χ4v) is 2.84. The SMILES string of the molecule is COc1ccc(C(=O)O)cc1NC(=O)c1cccc2c(Cl)cccc12. The Morgan fingerprint density at radius 3 is 2.48 bits per heavy atom. The van der Waals surface area contributed by atoms with Crippen molar-refractivity contribution in [3.63, 3.8) is 0 Å². The molecular formula is C19H14ClNO4. The average Bonchev–Trinajstić information content (AvgIpc) is 2.61. The van der Waals surface area contributed by atoms with E-state index in [1.54, 1.807) is 30.3 Å². The molecule has 0 unspecified atom stereocenters. The average molecular weight is 356 g/mol. The van der Waals surface area contributed by atoms with Crippen molar-refractivity contribution in [1.82, 2.24) is 0 Å². The summed E-state index contributed by atoms with van der Waals surface area (Å²) in [5.41, 5.74) is 0.770. The first kappa shape index (κ1) is 16.8. The number of rotatable bonds is 4. The molecule has 6 heteroatoms. The van der Waals surface area contributed by atoms with E-state index in [1.807, 2.05) is 6.07 Å². The van der Waals surface area contributed by atoms with Crippen LogP contribution in [0.4, 0.5) is 5.69 Å². The molecule has 0 aromatic heterocycles. The van der Waals surface area contributed by atoms with Gasteiger partial charge in [0.25, 0.3) is 5.91 Å². The molecule has 0 radical (unpaired) electrons. The van der Waals surface area contributed by atoms with Crippen LogP contribution in [-0.2, 0) is 0 Å². The lowest BCUT2D eigenvalue weighted by Gasteiger charge is -2.12. The number of fused-ring (bicyclic) bond motifs is 1. The first-order chi connectivity index (χ1) is 12.0.